The Hall–Kier alpha value is -4.28. The van der Waals surface area contributed by atoms with Crippen LogP contribution in [0.25, 0.3) is 22.4 Å². The summed E-state index contributed by atoms with van der Waals surface area (Å²) in [5, 5.41) is 6.77. The summed E-state index contributed by atoms with van der Waals surface area (Å²) in [6.07, 6.45) is 2.91. The molecule has 0 bridgehead atoms. The normalized spacial score (nSPS) is 14.4. The highest BCUT2D eigenvalue weighted by Crippen LogP contribution is 2.29. The fraction of sp³-hybridized carbons (Fsp3) is 0.333. The molecule has 1 saturated heterocycles. The van der Waals surface area contributed by atoms with Crippen LogP contribution in [0.5, 0.6) is 0 Å². The number of benzene rings is 1. The summed E-state index contributed by atoms with van der Waals surface area (Å²) in [5.74, 6) is 0.543. The van der Waals surface area contributed by atoms with E-state index in [0.717, 1.165) is 16.6 Å². The number of carbonyl (C=O) groups excluding carboxylic acids is 2. The molecule has 0 saturated carbocycles. The van der Waals surface area contributed by atoms with Gasteiger partial charge >= 0.3 is 5.69 Å². The average molecular weight is 476 g/mol. The van der Waals surface area contributed by atoms with Crippen molar-refractivity contribution in [2.45, 2.75) is 18.8 Å². The molecule has 0 aliphatic carbocycles. The van der Waals surface area contributed by atoms with E-state index in [2.05, 4.69) is 20.4 Å². The lowest BCUT2D eigenvalue weighted by Crippen LogP contribution is -2.43. The van der Waals surface area contributed by atoms with Crippen molar-refractivity contribution in [3.8, 4) is 11.4 Å². The summed E-state index contributed by atoms with van der Waals surface area (Å²) in [4.78, 5) is 47.1. The SMILES string of the molecule is Cn1c(=O)n(C)c2cc(-c3noc(C4CCN(C(=O)CNC(=O)c5ccccn5)CC4)n3)ccc21. The van der Waals surface area contributed by atoms with E-state index in [9.17, 15) is 14.4 Å². The van der Waals surface area contributed by atoms with Gasteiger partial charge < -0.3 is 14.7 Å². The molecule has 1 fully saturated rings. The van der Waals surface area contributed by atoms with E-state index in [1.165, 1.54) is 6.20 Å². The Kier molecular flexibility index (Phi) is 5.89. The van der Waals surface area contributed by atoms with Crippen molar-refractivity contribution in [3.05, 3.63) is 64.7 Å². The molecule has 1 aliphatic rings. The quantitative estimate of drug-likeness (QED) is 0.463. The summed E-state index contributed by atoms with van der Waals surface area (Å²) in [6.45, 7) is 1.01. The van der Waals surface area contributed by atoms with Crippen LogP contribution in [0.3, 0.4) is 0 Å². The Bertz CT molecular complexity index is 1450. The predicted octanol–water partition coefficient (Wildman–Crippen LogP) is 1.46. The van der Waals surface area contributed by atoms with Gasteiger partial charge in [0.05, 0.1) is 17.6 Å². The molecular formula is C24H25N7O4. The summed E-state index contributed by atoms with van der Waals surface area (Å²) in [5.41, 5.74) is 2.58. The first-order valence-corrected chi connectivity index (χ1v) is 11.4. The smallest absolute Gasteiger partial charge is 0.328 e. The van der Waals surface area contributed by atoms with E-state index in [1.807, 2.05) is 18.2 Å². The van der Waals surface area contributed by atoms with Crippen LogP contribution >= 0.6 is 0 Å². The second-order valence-corrected chi connectivity index (χ2v) is 8.61. The number of hydrogen-bond acceptors (Lipinski definition) is 7. The van der Waals surface area contributed by atoms with Crippen molar-refractivity contribution >= 4 is 22.8 Å². The summed E-state index contributed by atoms with van der Waals surface area (Å²) in [7, 11) is 3.47. The molecule has 4 heterocycles. The van der Waals surface area contributed by atoms with Gasteiger partial charge in [-0.25, -0.2) is 4.79 Å². The molecule has 1 N–H and O–H groups in total. The molecule has 3 aromatic heterocycles. The van der Waals surface area contributed by atoms with Crippen molar-refractivity contribution in [1.82, 2.24) is 34.5 Å². The number of hydrogen-bond donors (Lipinski definition) is 1. The number of rotatable bonds is 5. The van der Waals surface area contributed by atoms with E-state index in [4.69, 9.17) is 4.52 Å². The summed E-state index contributed by atoms with van der Waals surface area (Å²) < 4.78 is 8.74. The van der Waals surface area contributed by atoms with Gasteiger partial charge in [0.2, 0.25) is 17.6 Å². The Morgan fingerprint density at radius 2 is 1.86 bits per heavy atom. The molecule has 1 aromatic carbocycles. The molecular weight excluding hydrogens is 450 g/mol. The zero-order valence-corrected chi connectivity index (χ0v) is 19.5. The van der Waals surface area contributed by atoms with Gasteiger partial charge in [-0.05, 0) is 43.2 Å². The number of amides is 2. The number of pyridine rings is 1. The van der Waals surface area contributed by atoms with Gasteiger partial charge in [-0.1, -0.05) is 11.2 Å². The van der Waals surface area contributed by atoms with Crippen LogP contribution in [0.2, 0.25) is 0 Å². The number of aromatic nitrogens is 5. The second-order valence-electron chi connectivity index (χ2n) is 8.61. The Labute approximate surface area is 200 Å². The number of likely N-dealkylation sites (tertiary alicyclic amines) is 1. The van der Waals surface area contributed by atoms with Gasteiger partial charge in [0.1, 0.15) is 5.69 Å². The first-order valence-electron chi connectivity index (χ1n) is 11.4. The van der Waals surface area contributed by atoms with Crippen molar-refractivity contribution in [1.29, 1.82) is 0 Å². The maximum Gasteiger partial charge on any atom is 0.328 e. The van der Waals surface area contributed by atoms with Crippen molar-refractivity contribution in [3.63, 3.8) is 0 Å². The Balaban J connectivity index is 1.19. The van der Waals surface area contributed by atoms with Crippen LogP contribution in [0.15, 0.2) is 51.9 Å². The molecule has 35 heavy (non-hydrogen) atoms. The van der Waals surface area contributed by atoms with Crippen molar-refractivity contribution in [2.75, 3.05) is 19.6 Å². The molecule has 5 rings (SSSR count). The summed E-state index contributed by atoms with van der Waals surface area (Å²) >= 11 is 0. The zero-order valence-electron chi connectivity index (χ0n) is 19.5. The first kappa shape index (κ1) is 22.5. The van der Waals surface area contributed by atoms with E-state index in [0.29, 0.717) is 37.6 Å². The van der Waals surface area contributed by atoms with Crippen LogP contribution < -0.4 is 11.0 Å². The van der Waals surface area contributed by atoms with E-state index >= 15 is 0 Å². The molecule has 1 aliphatic heterocycles. The fourth-order valence-corrected chi connectivity index (χ4v) is 4.40. The molecule has 11 heteroatoms. The summed E-state index contributed by atoms with van der Waals surface area (Å²) in [6, 6.07) is 10.7. The van der Waals surface area contributed by atoms with Gasteiger partial charge in [0.25, 0.3) is 5.91 Å². The molecule has 180 valence electrons. The average Bonchev–Trinajstić information content (AvgIpc) is 3.48. The minimum Gasteiger partial charge on any atom is -0.342 e. The molecule has 11 nitrogen and oxygen atoms in total. The number of carbonyl (C=O) groups is 2. The highest BCUT2D eigenvalue weighted by atomic mass is 16.5. The van der Waals surface area contributed by atoms with Gasteiger partial charge in [0, 0.05) is 44.9 Å². The molecule has 0 radical (unpaired) electrons. The van der Waals surface area contributed by atoms with Crippen LogP contribution in [0, 0.1) is 0 Å². The number of piperidine rings is 1. The van der Waals surface area contributed by atoms with Gasteiger partial charge in [-0.15, -0.1) is 0 Å². The number of fused-ring (bicyclic) bond motifs is 1. The zero-order chi connectivity index (χ0) is 24.5. The van der Waals surface area contributed by atoms with E-state index in [-0.39, 0.29) is 35.7 Å². The first-order chi connectivity index (χ1) is 16.9. The largest absolute Gasteiger partial charge is 0.342 e. The lowest BCUT2D eigenvalue weighted by molar-refractivity contribution is -0.131. The number of aryl methyl sites for hydroxylation is 2. The molecule has 0 unspecified atom stereocenters. The second kappa shape index (κ2) is 9.16. The minimum absolute atomic E-state index is 0.0493. The van der Waals surface area contributed by atoms with Crippen LogP contribution in [-0.4, -0.2) is 60.6 Å². The topological polar surface area (TPSA) is 128 Å². The lowest BCUT2D eigenvalue weighted by Gasteiger charge is -2.30. The number of nitrogens with zero attached hydrogens (tertiary/aromatic N) is 6. The third-order valence-corrected chi connectivity index (χ3v) is 6.47. The van der Waals surface area contributed by atoms with Crippen LogP contribution in [-0.2, 0) is 18.9 Å². The fourth-order valence-electron chi connectivity index (χ4n) is 4.40. The minimum atomic E-state index is -0.374. The molecule has 0 atom stereocenters. The third kappa shape index (κ3) is 4.32. The van der Waals surface area contributed by atoms with Crippen LogP contribution in [0.1, 0.15) is 35.1 Å². The van der Waals surface area contributed by atoms with Gasteiger partial charge in [-0.3, -0.25) is 23.7 Å². The van der Waals surface area contributed by atoms with E-state index < -0.39 is 0 Å². The highest BCUT2D eigenvalue weighted by molar-refractivity contribution is 5.94. The van der Waals surface area contributed by atoms with E-state index in [1.54, 1.807) is 46.3 Å². The predicted molar refractivity (Wildman–Crippen MR) is 127 cm³/mol. The van der Waals surface area contributed by atoms with Gasteiger partial charge in [0.15, 0.2) is 0 Å². The third-order valence-electron chi connectivity index (χ3n) is 6.47. The molecule has 0 spiro atoms. The van der Waals surface area contributed by atoms with Crippen molar-refractivity contribution < 1.29 is 14.1 Å². The monoisotopic (exact) mass is 475 g/mol. The van der Waals surface area contributed by atoms with Gasteiger partial charge in [-0.2, -0.15) is 4.98 Å². The molecule has 4 aromatic rings. The highest BCUT2D eigenvalue weighted by Gasteiger charge is 2.28. The van der Waals surface area contributed by atoms with Crippen molar-refractivity contribution in [2.24, 2.45) is 14.1 Å². The lowest BCUT2D eigenvalue weighted by atomic mass is 9.96. The Morgan fingerprint density at radius 3 is 2.60 bits per heavy atom. The van der Waals surface area contributed by atoms with Crippen LogP contribution in [0.4, 0.5) is 0 Å². The standard InChI is InChI=1S/C24H25N7O4/c1-29-18-7-6-16(13-19(18)30(2)24(29)34)21-27-23(35-28-21)15-8-11-31(12-9-15)20(32)14-26-22(33)17-5-3-4-10-25-17/h3-7,10,13,15H,8-9,11-12,14H2,1-2H3,(H,26,33). The maximum absolute atomic E-state index is 12.5. The Morgan fingerprint density at radius 1 is 1.09 bits per heavy atom. The maximum atomic E-state index is 12.5. The number of nitrogens with one attached hydrogen (secondary N) is 1. The number of imidazole rings is 1. The molecule has 2 amide bonds.